The Morgan fingerprint density at radius 1 is 1.32 bits per heavy atom. The molecule has 1 aliphatic rings. The van der Waals surface area contributed by atoms with Crippen LogP contribution in [0.5, 0.6) is 5.75 Å². The molecule has 1 heterocycles. The van der Waals surface area contributed by atoms with E-state index >= 15 is 0 Å². The average Bonchev–Trinajstić information content (AvgIpc) is 3.00. The number of benzene rings is 1. The number of aromatic nitrogens is 2. The molecule has 132 valence electrons. The second-order valence-electron chi connectivity index (χ2n) is 5.82. The number of hydrogen-bond donors (Lipinski definition) is 1. The third-order valence-electron chi connectivity index (χ3n) is 4.06. The molecule has 2 aromatic rings. The van der Waals surface area contributed by atoms with Crippen LogP contribution >= 0.6 is 0 Å². The summed E-state index contributed by atoms with van der Waals surface area (Å²) >= 11 is 0. The number of alkyl halides is 2. The lowest BCUT2D eigenvalue weighted by molar-refractivity contribution is -0.119. The van der Waals surface area contributed by atoms with Crippen LogP contribution in [0.25, 0.3) is 0 Å². The maximum Gasteiger partial charge on any atom is 0.387 e. The topological polar surface area (TPSA) is 73.2 Å². The molecular weight excluding hydrogens is 332 g/mol. The molecule has 8 heteroatoms. The highest BCUT2D eigenvalue weighted by Crippen LogP contribution is 2.21. The van der Waals surface area contributed by atoms with Gasteiger partial charge in [0, 0.05) is 17.8 Å². The summed E-state index contributed by atoms with van der Waals surface area (Å²) in [5.74, 6) is -0.532. The number of fused-ring (bicyclic) bond motifs is 1. The van der Waals surface area contributed by atoms with E-state index < -0.39 is 18.6 Å². The summed E-state index contributed by atoms with van der Waals surface area (Å²) in [6.07, 6.45) is 2.57. The summed E-state index contributed by atoms with van der Waals surface area (Å²) in [6, 6.07) is 6.36. The van der Waals surface area contributed by atoms with Gasteiger partial charge in [-0.15, -0.1) is 0 Å². The maximum atomic E-state index is 12.4. The van der Waals surface area contributed by atoms with Crippen molar-refractivity contribution in [1.82, 2.24) is 9.78 Å². The molecule has 25 heavy (non-hydrogen) atoms. The van der Waals surface area contributed by atoms with Gasteiger partial charge in [0.1, 0.15) is 11.8 Å². The van der Waals surface area contributed by atoms with Gasteiger partial charge in [0.05, 0.1) is 5.69 Å². The van der Waals surface area contributed by atoms with Crippen molar-refractivity contribution in [2.75, 3.05) is 5.32 Å². The van der Waals surface area contributed by atoms with Crippen LogP contribution in [0.1, 0.15) is 30.6 Å². The Balaban J connectivity index is 1.76. The van der Waals surface area contributed by atoms with E-state index in [2.05, 4.69) is 15.2 Å². The van der Waals surface area contributed by atoms with E-state index in [4.69, 9.17) is 0 Å². The molecular formula is C17H17F2N3O3. The third-order valence-corrected chi connectivity index (χ3v) is 4.06. The van der Waals surface area contributed by atoms with Gasteiger partial charge in [-0.05, 0) is 43.9 Å². The molecule has 1 amide bonds. The van der Waals surface area contributed by atoms with Crippen molar-refractivity contribution in [2.45, 2.75) is 38.8 Å². The molecule has 1 N–H and O–H groups in total. The number of nitrogens with zero attached hydrogens (tertiary/aromatic N) is 2. The summed E-state index contributed by atoms with van der Waals surface area (Å²) in [7, 11) is 0. The molecule has 0 radical (unpaired) electrons. The minimum atomic E-state index is -2.95. The number of ether oxygens (including phenoxy) is 1. The molecule has 6 nitrogen and oxygen atoms in total. The Labute approximate surface area is 142 Å². The molecule has 0 saturated carbocycles. The number of anilines is 1. The number of carbonyl (C=O) groups is 1. The summed E-state index contributed by atoms with van der Waals surface area (Å²) in [5, 5.41) is 6.88. The second-order valence-corrected chi connectivity index (χ2v) is 5.82. The summed E-state index contributed by atoms with van der Waals surface area (Å²) < 4.78 is 30.0. The Morgan fingerprint density at radius 2 is 2.12 bits per heavy atom. The first-order valence-electron chi connectivity index (χ1n) is 7.91. The normalized spacial score (nSPS) is 14.2. The van der Waals surface area contributed by atoms with Crippen LogP contribution in [-0.2, 0) is 17.6 Å². The van der Waals surface area contributed by atoms with Crippen LogP contribution in [0.2, 0.25) is 0 Å². The molecule has 0 fully saturated rings. The van der Waals surface area contributed by atoms with Crippen LogP contribution in [0.3, 0.4) is 0 Å². The van der Waals surface area contributed by atoms with Crippen molar-refractivity contribution in [1.29, 1.82) is 0 Å². The SMILES string of the molecule is C[C@@H](C(=O)Nc1cccc(OC(F)F)c1)n1nc2c(cc1=O)CCC2. The Bertz CT molecular complexity index is 851. The minimum Gasteiger partial charge on any atom is -0.435 e. The molecule has 3 rings (SSSR count). The van der Waals surface area contributed by atoms with Crippen LogP contribution in [0.4, 0.5) is 14.5 Å². The highest BCUT2D eigenvalue weighted by atomic mass is 19.3. The van der Waals surface area contributed by atoms with E-state index in [9.17, 15) is 18.4 Å². The van der Waals surface area contributed by atoms with Crippen LogP contribution in [-0.4, -0.2) is 22.3 Å². The second kappa shape index (κ2) is 7.00. The molecule has 0 spiro atoms. The average molecular weight is 349 g/mol. The van der Waals surface area contributed by atoms with Gasteiger partial charge in [0.2, 0.25) is 5.91 Å². The summed E-state index contributed by atoms with van der Waals surface area (Å²) in [5.41, 5.74) is 1.74. The van der Waals surface area contributed by atoms with Crippen molar-refractivity contribution in [2.24, 2.45) is 0 Å². The predicted octanol–water partition coefficient (Wildman–Crippen LogP) is 2.53. The first-order valence-corrected chi connectivity index (χ1v) is 7.91. The predicted molar refractivity (Wildman–Crippen MR) is 86.9 cm³/mol. The van der Waals surface area contributed by atoms with Gasteiger partial charge in [0.15, 0.2) is 0 Å². The van der Waals surface area contributed by atoms with E-state index in [1.807, 2.05) is 0 Å². The van der Waals surface area contributed by atoms with Gasteiger partial charge in [0.25, 0.3) is 5.56 Å². The quantitative estimate of drug-likeness (QED) is 0.900. The van der Waals surface area contributed by atoms with E-state index in [-0.39, 0.29) is 11.3 Å². The van der Waals surface area contributed by atoms with Gasteiger partial charge in [-0.1, -0.05) is 6.07 Å². The monoisotopic (exact) mass is 349 g/mol. The largest absolute Gasteiger partial charge is 0.435 e. The molecule has 0 saturated heterocycles. The zero-order valence-electron chi connectivity index (χ0n) is 13.5. The fourth-order valence-corrected chi connectivity index (χ4v) is 2.80. The lowest BCUT2D eigenvalue weighted by Crippen LogP contribution is -2.34. The van der Waals surface area contributed by atoms with Crippen molar-refractivity contribution in [3.8, 4) is 5.75 Å². The molecule has 0 unspecified atom stereocenters. The number of rotatable bonds is 5. The van der Waals surface area contributed by atoms with Gasteiger partial charge >= 0.3 is 6.61 Å². The smallest absolute Gasteiger partial charge is 0.387 e. The van der Waals surface area contributed by atoms with Gasteiger partial charge in [-0.3, -0.25) is 9.59 Å². The standard InChI is InChI=1S/C17H17F2N3O3/c1-10(22-15(23)8-11-4-2-7-14(11)21-22)16(24)20-12-5-3-6-13(9-12)25-17(18)19/h3,5-6,8-10,17H,2,4,7H2,1H3,(H,20,24)/t10-/m0/s1. The summed E-state index contributed by atoms with van der Waals surface area (Å²) in [6.45, 7) is -1.39. The first kappa shape index (κ1) is 17.1. The van der Waals surface area contributed by atoms with Crippen molar-refractivity contribution in [3.63, 3.8) is 0 Å². The fourth-order valence-electron chi connectivity index (χ4n) is 2.80. The van der Waals surface area contributed by atoms with Gasteiger partial charge in [-0.2, -0.15) is 13.9 Å². The first-order chi connectivity index (χ1) is 11.9. The van der Waals surface area contributed by atoms with Gasteiger partial charge < -0.3 is 10.1 Å². The van der Waals surface area contributed by atoms with Crippen LogP contribution in [0.15, 0.2) is 35.1 Å². The molecule has 1 atom stereocenters. The number of hydrogen-bond acceptors (Lipinski definition) is 4. The van der Waals surface area contributed by atoms with Gasteiger partial charge in [-0.25, -0.2) is 4.68 Å². The van der Waals surface area contributed by atoms with E-state index in [0.717, 1.165) is 35.2 Å². The minimum absolute atomic E-state index is 0.0618. The fraction of sp³-hybridized carbons (Fsp3) is 0.353. The lowest BCUT2D eigenvalue weighted by Gasteiger charge is -2.15. The summed E-state index contributed by atoms with van der Waals surface area (Å²) in [4.78, 5) is 24.6. The molecule has 0 aliphatic heterocycles. The van der Waals surface area contributed by atoms with E-state index in [0.29, 0.717) is 5.69 Å². The Morgan fingerprint density at radius 3 is 2.88 bits per heavy atom. The number of nitrogens with one attached hydrogen (secondary N) is 1. The van der Waals surface area contributed by atoms with E-state index in [1.165, 1.54) is 24.3 Å². The Hall–Kier alpha value is -2.77. The lowest BCUT2D eigenvalue weighted by atomic mass is 10.2. The number of amides is 1. The van der Waals surface area contributed by atoms with Crippen LogP contribution < -0.4 is 15.6 Å². The molecule has 1 aromatic carbocycles. The number of aryl methyl sites for hydroxylation is 2. The number of halogens is 2. The third kappa shape index (κ3) is 3.84. The Kier molecular flexibility index (Phi) is 4.78. The van der Waals surface area contributed by atoms with Crippen molar-refractivity contribution < 1.29 is 18.3 Å². The number of carbonyl (C=O) groups excluding carboxylic acids is 1. The van der Waals surface area contributed by atoms with E-state index in [1.54, 1.807) is 13.0 Å². The highest BCUT2D eigenvalue weighted by Gasteiger charge is 2.21. The van der Waals surface area contributed by atoms with Crippen molar-refractivity contribution >= 4 is 11.6 Å². The molecule has 1 aromatic heterocycles. The van der Waals surface area contributed by atoms with Crippen LogP contribution in [0, 0.1) is 0 Å². The molecule has 1 aliphatic carbocycles. The zero-order valence-corrected chi connectivity index (χ0v) is 13.5. The maximum absolute atomic E-state index is 12.4. The zero-order chi connectivity index (χ0) is 18.0. The highest BCUT2D eigenvalue weighted by molar-refractivity contribution is 5.93. The molecule has 0 bridgehead atoms. The van der Waals surface area contributed by atoms with Crippen molar-refractivity contribution in [3.05, 3.63) is 51.9 Å².